The highest BCUT2D eigenvalue weighted by Crippen LogP contribution is 2.42. The molecule has 2 atom stereocenters. The molecule has 0 aromatic heterocycles. The van der Waals surface area contributed by atoms with E-state index in [0.717, 1.165) is 71.3 Å². The molecule has 0 aliphatic heterocycles. The van der Waals surface area contributed by atoms with E-state index in [1.54, 1.807) is 0 Å². The Morgan fingerprint density at radius 1 is 0.560 bits per heavy atom. The summed E-state index contributed by atoms with van der Waals surface area (Å²) in [6.45, 7) is 3.85. The zero-order chi connectivity index (χ0) is 36.8. The van der Waals surface area contributed by atoms with E-state index in [1.807, 2.05) is 0 Å². The minimum atomic E-state index is -4.26. The van der Waals surface area contributed by atoms with Gasteiger partial charge in [0.2, 0.25) is 0 Å². The third-order valence-corrected chi connectivity index (χ3v) is 9.89. The number of hydrogen-bond acceptors (Lipinski definition) is 7. The summed E-state index contributed by atoms with van der Waals surface area (Å²) in [4.78, 5) is 34.4. The molecule has 1 N–H and O–H groups in total. The number of phosphoric acid groups is 1. The van der Waals surface area contributed by atoms with Gasteiger partial charge in [0.05, 0.1) is 6.61 Å². The second-order valence-corrected chi connectivity index (χ2v) is 15.3. The molecule has 0 spiro atoms. The molecular formula is C41H77O8P. The molecule has 8 nitrogen and oxygen atoms in total. The van der Waals surface area contributed by atoms with Gasteiger partial charge in [0.25, 0.3) is 0 Å². The van der Waals surface area contributed by atoms with Crippen LogP contribution in [-0.2, 0) is 32.7 Å². The molecule has 0 fully saturated rings. The van der Waals surface area contributed by atoms with E-state index in [4.69, 9.17) is 14.0 Å². The Balaban J connectivity index is 4.00. The first kappa shape index (κ1) is 48.5. The smallest absolute Gasteiger partial charge is 0.462 e. The van der Waals surface area contributed by atoms with Gasteiger partial charge in [-0.1, -0.05) is 173 Å². The molecule has 2 unspecified atom stereocenters. The van der Waals surface area contributed by atoms with Gasteiger partial charge in [0, 0.05) is 20.0 Å². The maximum atomic E-state index is 12.5. The third-order valence-electron chi connectivity index (χ3n) is 8.95. The number of unbranched alkanes of at least 4 members (excludes halogenated alkanes) is 23. The molecule has 0 amide bonds. The van der Waals surface area contributed by atoms with Crippen molar-refractivity contribution < 1.29 is 37.6 Å². The first-order chi connectivity index (χ1) is 24.3. The predicted molar refractivity (Wildman–Crippen MR) is 207 cm³/mol. The molecule has 0 radical (unpaired) electrons. The van der Waals surface area contributed by atoms with Crippen LogP contribution >= 0.6 is 7.82 Å². The van der Waals surface area contributed by atoms with Crippen LogP contribution in [0, 0.1) is 0 Å². The Morgan fingerprint density at radius 3 is 1.46 bits per heavy atom. The van der Waals surface area contributed by atoms with Crippen LogP contribution in [0.1, 0.15) is 200 Å². The van der Waals surface area contributed by atoms with Gasteiger partial charge < -0.3 is 14.4 Å². The van der Waals surface area contributed by atoms with Crippen molar-refractivity contribution in [1.82, 2.24) is 0 Å². The van der Waals surface area contributed by atoms with E-state index >= 15 is 0 Å². The molecule has 0 bridgehead atoms. The third kappa shape index (κ3) is 36.3. The lowest BCUT2D eigenvalue weighted by atomic mass is 10.0. The number of rotatable bonds is 38. The largest absolute Gasteiger partial charge is 0.472 e. The van der Waals surface area contributed by atoms with Crippen molar-refractivity contribution >= 4 is 19.8 Å². The Kier molecular flexibility index (Phi) is 36.2. The Morgan fingerprint density at radius 2 is 0.980 bits per heavy atom. The summed E-state index contributed by atoms with van der Waals surface area (Å²) in [5.41, 5.74) is 0. The summed E-state index contributed by atoms with van der Waals surface area (Å²) in [6.07, 6.45) is 40.8. The number of allylic oxidation sites excluding steroid dienone is 4. The quantitative estimate of drug-likeness (QED) is 0.0290. The van der Waals surface area contributed by atoms with Crippen LogP contribution in [0.4, 0.5) is 0 Å². The van der Waals surface area contributed by atoms with E-state index in [-0.39, 0.29) is 19.0 Å². The first-order valence-corrected chi connectivity index (χ1v) is 22.0. The van der Waals surface area contributed by atoms with Crippen molar-refractivity contribution in [2.24, 2.45) is 0 Å². The van der Waals surface area contributed by atoms with Crippen LogP contribution in [-0.4, -0.2) is 43.3 Å². The summed E-state index contributed by atoms with van der Waals surface area (Å²) in [7, 11) is -3.20. The lowest BCUT2D eigenvalue weighted by Crippen LogP contribution is -2.29. The number of carbonyl (C=O) groups is 2. The molecule has 294 valence electrons. The number of phosphoric ester groups is 1. The van der Waals surface area contributed by atoms with E-state index in [2.05, 4.69) is 42.7 Å². The van der Waals surface area contributed by atoms with Gasteiger partial charge in [0.15, 0.2) is 6.10 Å². The zero-order valence-corrected chi connectivity index (χ0v) is 33.5. The van der Waals surface area contributed by atoms with Gasteiger partial charge in [-0.15, -0.1) is 0 Å². The molecule has 0 saturated carbocycles. The molecule has 50 heavy (non-hydrogen) atoms. The van der Waals surface area contributed by atoms with Gasteiger partial charge in [0.1, 0.15) is 6.61 Å². The fourth-order valence-corrected chi connectivity index (χ4v) is 6.19. The molecular weight excluding hydrogens is 651 g/mol. The lowest BCUT2D eigenvalue weighted by molar-refractivity contribution is -0.161. The maximum Gasteiger partial charge on any atom is 0.472 e. The second-order valence-electron chi connectivity index (χ2n) is 13.8. The van der Waals surface area contributed by atoms with Crippen molar-refractivity contribution in [3.63, 3.8) is 0 Å². The number of ether oxygens (including phenoxy) is 2. The Labute approximate surface area is 307 Å². The van der Waals surface area contributed by atoms with Gasteiger partial charge in [-0.05, 0) is 38.5 Å². The number of hydrogen-bond donors (Lipinski definition) is 1. The highest BCUT2D eigenvalue weighted by atomic mass is 31.2. The number of esters is 2. The van der Waals surface area contributed by atoms with Gasteiger partial charge in [-0.2, -0.15) is 0 Å². The highest BCUT2D eigenvalue weighted by Gasteiger charge is 2.24. The maximum absolute atomic E-state index is 12.5. The minimum absolute atomic E-state index is 0.227. The first-order valence-electron chi connectivity index (χ1n) is 20.5. The van der Waals surface area contributed by atoms with Crippen molar-refractivity contribution in [1.29, 1.82) is 0 Å². The average molecular weight is 729 g/mol. The van der Waals surface area contributed by atoms with E-state index in [9.17, 15) is 19.0 Å². The zero-order valence-electron chi connectivity index (χ0n) is 32.6. The molecule has 0 saturated heterocycles. The van der Waals surface area contributed by atoms with Crippen LogP contribution in [0.25, 0.3) is 0 Å². The molecule has 0 aliphatic carbocycles. The average Bonchev–Trinajstić information content (AvgIpc) is 3.10. The summed E-state index contributed by atoms with van der Waals surface area (Å²) in [5.74, 6) is -0.813. The van der Waals surface area contributed by atoms with Crippen LogP contribution < -0.4 is 0 Å². The second kappa shape index (κ2) is 37.3. The lowest BCUT2D eigenvalue weighted by Gasteiger charge is -2.19. The normalized spacial score (nSPS) is 13.6. The van der Waals surface area contributed by atoms with Crippen LogP contribution in [0.15, 0.2) is 24.3 Å². The van der Waals surface area contributed by atoms with Crippen LogP contribution in [0.3, 0.4) is 0 Å². The van der Waals surface area contributed by atoms with E-state index < -0.39 is 26.5 Å². The Hall–Kier alpha value is -1.47. The summed E-state index contributed by atoms with van der Waals surface area (Å²) in [5, 5.41) is 0. The highest BCUT2D eigenvalue weighted by molar-refractivity contribution is 7.47. The summed E-state index contributed by atoms with van der Waals surface area (Å²) >= 11 is 0. The number of carbonyl (C=O) groups excluding carboxylic acids is 2. The summed E-state index contributed by atoms with van der Waals surface area (Å²) < 4.78 is 31.9. The molecule has 0 aromatic rings. The molecule has 0 heterocycles. The van der Waals surface area contributed by atoms with Crippen LogP contribution in [0.2, 0.25) is 0 Å². The van der Waals surface area contributed by atoms with E-state index in [1.165, 1.54) is 103 Å². The van der Waals surface area contributed by atoms with Crippen LogP contribution in [0.5, 0.6) is 0 Å². The fraction of sp³-hybridized carbons (Fsp3) is 0.854. The van der Waals surface area contributed by atoms with E-state index in [0.29, 0.717) is 12.8 Å². The standard InChI is InChI=1S/C41H77O8P/c1-4-6-8-10-12-14-16-18-20-21-22-24-25-27-29-31-33-35-40(42)47-37-39(38-48-50(44,45)46-3)49-41(43)36-34-32-30-28-26-23-19-17-15-13-11-9-7-5-2/h11,13,17,19,39H,4-10,12,14-16,18,20-38H2,1-3H3,(H,44,45)/b13-11-,19-17-. The minimum Gasteiger partial charge on any atom is -0.462 e. The summed E-state index contributed by atoms with van der Waals surface area (Å²) in [6, 6.07) is 0. The SMILES string of the molecule is CCCC/C=C\C/C=C\CCCCCCCC(=O)OC(COC(=O)CCCCCCCCCCCCCCCCCCC)COP(=O)(O)OC. The Bertz CT molecular complexity index is 875. The predicted octanol–water partition coefficient (Wildman–Crippen LogP) is 12.7. The molecule has 9 heteroatoms. The van der Waals surface area contributed by atoms with Crippen molar-refractivity contribution in [3.8, 4) is 0 Å². The topological polar surface area (TPSA) is 108 Å². The van der Waals surface area contributed by atoms with Crippen molar-refractivity contribution in [3.05, 3.63) is 24.3 Å². The monoisotopic (exact) mass is 729 g/mol. The molecule has 0 aromatic carbocycles. The van der Waals surface area contributed by atoms with Gasteiger partial charge in [-0.3, -0.25) is 18.6 Å². The fourth-order valence-electron chi connectivity index (χ4n) is 5.73. The van der Waals surface area contributed by atoms with Gasteiger partial charge >= 0.3 is 19.8 Å². The van der Waals surface area contributed by atoms with Gasteiger partial charge in [-0.25, -0.2) is 4.57 Å². The molecule has 0 rings (SSSR count). The van der Waals surface area contributed by atoms with Crippen molar-refractivity contribution in [2.45, 2.75) is 206 Å². The van der Waals surface area contributed by atoms with Crippen molar-refractivity contribution in [2.75, 3.05) is 20.3 Å². The molecule has 0 aliphatic rings.